The summed E-state index contributed by atoms with van der Waals surface area (Å²) in [7, 11) is 1.61. The molecule has 3 rings (SSSR count). The zero-order valence-electron chi connectivity index (χ0n) is 12.8. The summed E-state index contributed by atoms with van der Waals surface area (Å²) in [6.45, 7) is 7.10. The van der Waals surface area contributed by atoms with Crippen LogP contribution in [0.15, 0.2) is 18.2 Å². The average molecular weight is 277 g/mol. The fraction of sp³-hybridized carbons (Fsp3) is 0.647. The Labute approximate surface area is 120 Å². The molecule has 0 saturated heterocycles. The quantitative estimate of drug-likeness (QED) is 0.880. The molecule has 2 aliphatic carbocycles. The lowest BCUT2D eigenvalue weighted by Gasteiger charge is -2.40. The van der Waals surface area contributed by atoms with Gasteiger partial charge < -0.3 is 10.1 Å². The first kappa shape index (κ1) is 13.7. The first-order valence-corrected chi connectivity index (χ1v) is 7.48. The van der Waals surface area contributed by atoms with E-state index in [2.05, 4.69) is 26.1 Å². The van der Waals surface area contributed by atoms with E-state index in [1.165, 1.54) is 18.9 Å². The van der Waals surface area contributed by atoms with Crippen molar-refractivity contribution in [1.82, 2.24) is 0 Å². The molecule has 0 spiro atoms. The first-order chi connectivity index (χ1) is 9.38. The fourth-order valence-electron chi connectivity index (χ4n) is 4.35. The maximum Gasteiger partial charge on any atom is 0.146 e. The van der Waals surface area contributed by atoms with Crippen LogP contribution in [0.4, 0.5) is 10.1 Å². The molecule has 2 saturated carbocycles. The van der Waals surface area contributed by atoms with Gasteiger partial charge >= 0.3 is 0 Å². The van der Waals surface area contributed by atoms with Crippen molar-refractivity contribution in [3.8, 4) is 5.75 Å². The normalized spacial score (nSPS) is 34.2. The van der Waals surface area contributed by atoms with E-state index in [9.17, 15) is 4.39 Å². The second-order valence-corrected chi connectivity index (χ2v) is 7.15. The molecule has 110 valence electrons. The van der Waals surface area contributed by atoms with Gasteiger partial charge in [-0.05, 0) is 48.1 Å². The highest BCUT2D eigenvalue weighted by molar-refractivity contribution is 5.51. The molecule has 2 nitrogen and oxygen atoms in total. The Morgan fingerprint density at radius 1 is 1.30 bits per heavy atom. The van der Waals surface area contributed by atoms with Gasteiger partial charge in [-0.1, -0.05) is 20.8 Å². The largest absolute Gasteiger partial charge is 0.497 e. The van der Waals surface area contributed by atoms with Crippen LogP contribution in [-0.2, 0) is 0 Å². The highest BCUT2D eigenvalue weighted by atomic mass is 19.1. The second kappa shape index (κ2) is 4.37. The van der Waals surface area contributed by atoms with Crippen LogP contribution in [-0.4, -0.2) is 13.2 Å². The third kappa shape index (κ3) is 1.75. The number of benzene rings is 1. The lowest BCUT2D eigenvalue weighted by Crippen LogP contribution is -2.40. The van der Waals surface area contributed by atoms with Crippen molar-refractivity contribution >= 4 is 5.69 Å². The highest BCUT2D eigenvalue weighted by Crippen LogP contribution is 2.65. The third-order valence-electron chi connectivity index (χ3n) is 6.30. The van der Waals surface area contributed by atoms with Crippen LogP contribution in [0.5, 0.6) is 5.75 Å². The molecule has 2 aliphatic rings. The summed E-state index contributed by atoms with van der Waals surface area (Å²) < 4.78 is 19.2. The molecule has 2 bridgehead atoms. The number of ether oxygens (including phenoxy) is 1. The summed E-state index contributed by atoms with van der Waals surface area (Å²) >= 11 is 0. The molecular formula is C17H24FNO. The minimum absolute atomic E-state index is 0.199. The van der Waals surface area contributed by atoms with Crippen molar-refractivity contribution in [1.29, 1.82) is 0 Å². The molecule has 0 aliphatic heterocycles. The van der Waals surface area contributed by atoms with Gasteiger partial charge in [0.15, 0.2) is 0 Å². The van der Waals surface area contributed by atoms with Gasteiger partial charge in [-0.15, -0.1) is 0 Å². The Morgan fingerprint density at radius 2 is 2.05 bits per heavy atom. The van der Waals surface area contributed by atoms with Crippen LogP contribution in [0.2, 0.25) is 0 Å². The molecule has 0 heterocycles. The number of fused-ring (bicyclic) bond motifs is 2. The summed E-state index contributed by atoms with van der Waals surface area (Å²) in [4.78, 5) is 0. The highest BCUT2D eigenvalue weighted by Gasteiger charge is 2.61. The van der Waals surface area contributed by atoms with Gasteiger partial charge in [0, 0.05) is 12.1 Å². The first-order valence-electron chi connectivity index (χ1n) is 7.48. The van der Waals surface area contributed by atoms with E-state index >= 15 is 0 Å². The molecule has 3 atom stereocenters. The van der Waals surface area contributed by atoms with E-state index in [1.54, 1.807) is 19.2 Å². The SMILES string of the molecule is COc1ccc(F)c(NC2CC3CCC2(C)C3(C)C)c1. The van der Waals surface area contributed by atoms with Crippen LogP contribution in [0, 0.1) is 22.6 Å². The van der Waals surface area contributed by atoms with Gasteiger partial charge in [-0.2, -0.15) is 0 Å². The van der Waals surface area contributed by atoms with Crippen LogP contribution in [0.1, 0.15) is 40.0 Å². The Morgan fingerprint density at radius 3 is 2.60 bits per heavy atom. The fourth-order valence-corrected chi connectivity index (χ4v) is 4.35. The maximum atomic E-state index is 14.0. The Balaban J connectivity index is 1.87. The van der Waals surface area contributed by atoms with Crippen molar-refractivity contribution in [3.63, 3.8) is 0 Å². The molecule has 2 fully saturated rings. The molecule has 0 radical (unpaired) electrons. The van der Waals surface area contributed by atoms with Gasteiger partial charge in [0.1, 0.15) is 11.6 Å². The molecule has 3 unspecified atom stereocenters. The van der Waals surface area contributed by atoms with E-state index in [4.69, 9.17) is 4.74 Å². The summed E-state index contributed by atoms with van der Waals surface area (Å²) in [5.74, 6) is 1.25. The minimum atomic E-state index is -0.199. The van der Waals surface area contributed by atoms with Crippen LogP contribution < -0.4 is 10.1 Å². The molecule has 0 amide bonds. The summed E-state index contributed by atoms with van der Waals surface area (Å²) in [6, 6.07) is 5.24. The monoisotopic (exact) mass is 277 g/mol. The lowest BCUT2D eigenvalue weighted by atomic mass is 9.69. The number of nitrogens with one attached hydrogen (secondary N) is 1. The third-order valence-corrected chi connectivity index (χ3v) is 6.30. The van der Waals surface area contributed by atoms with Crippen molar-refractivity contribution < 1.29 is 9.13 Å². The van der Waals surface area contributed by atoms with E-state index < -0.39 is 0 Å². The summed E-state index contributed by atoms with van der Waals surface area (Å²) in [5.41, 5.74) is 1.15. The Hall–Kier alpha value is -1.25. The van der Waals surface area contributed by atoms with Gasteiger partial charge in [-0.3, -0.25) is 0 Å². The summed E-state index contributed by atoms with van der Waals surface area (Å²) in [5, 5.41) is 3.46. The van der Waals surface area contributed by atoms with Gasteiger partial charge in [0.2, 0.25) is 0 Å². The van der Waals surface area contributed by atoms with Crippen molar-refractivity contribution in [2.75, 3.05) is 12.4 Å². The maximum absolute atomic E-state index is 14.0. The number of anilines is 1. The molecule has 20 heavy (non-hydrogen) atoms. The predicted octanol–water partition coefficient (Wildman–Crippen LogP) is 4.46. The van der Waals surface area contributed by atoms with Crippen LogP contribution in [0.25, 0.3) is 0 Å². The minimum Gasteiger partial charge on any atom is -0.497 e. The van der Waals surface area contributed by atoms with Gasteiger partial charge in [0.25, 0.3) is 0 Å². The molecular weight excluding hydrogens is 253 g/mol. The smallest absolute Gasteiger partial charge is 0.146 e. The molecule has 1 aromatic carbocycles. The van der Waals surface area contributed by atoms with Crippen molar-refractivity contribution in [2.24, 2.45) is 16.7 Å². The van der Waals surface area contributed by atoms with E-state index in [0.717, 1.165) is 12.3 Å². The Bertz CT molecular complexity index is 528. The van der Waals surface area contributed by atoms with Crippen molar-refractivity contribution in [2.45, 2.75) is 46.1 Å². The Kier molecular flexibility index (Phi) is 3.00. The topological polar surface area (TPSA) is 21.3 Å². The van der Waals surface area contributed by atoms with E-state index in [-0.39, 0.29) is 11.2 Å². The molecule has 1 N–H and O–H groups in total. The van der Waals surface area contributed by atoms with Crippen LogP contribution in [0.3, 0.4) is 0 Å². The number of hydrogen-bond acceptors (Lipinski definition) is 2. The number of rotatable bonds is 3. The van der Waals surface area contributed by atoms with E-state index in [0.29, 0.717) is 22.9 Å². The second-order valence-electron chi connectivity index (χ2n) is 7.15. The number of methoxy groups -OCH3 is 1. The predicted molar refractivity (Wildman–Crippen MR) is 79.6 cm³/mol. The van der Waals surface area contributed by atoms with Crippen molar-refractivity contribution in [3.05, 3.63) is 24.0 Å². The number of halogens is 1. The lowest BCUT2D eigenvalue weighted by molar-refractivity contribution is 0.142. The van der Waals surface area contributed by atoms with E-state index in [1.807, 2.05) is 0 Å². The number of hydrogen-bond donors (Lipinski definition) is 1. The van der Waals surface area contributed by atoms with Crippen LogP contribution >= 0.6 is 0 Å². The molecule has 1 aromatic rings. The average Bonchev–Trinajstić information content (AvgIpc) is 2.74. The zero-order chi connectivity index (χ0) is 14.5. The standard InChI is InChI=1S/C17H24FNO/c1-16(2)11-7-8-17(16,3)15(9-11)19-14-10-12(20-4)5-6-13(14)18/h5-6,10-11,15,19H,7-9H2,1-4H3. The molecule has 0 aromatic heterocycles. The van der Waals surface area contributed by atoms with Gasteiger partial charge in [0.05, 0.1) is 12.8 Å². The molecule has 3 heteroatoms. The zero-order valence-corrected chi connectivity index (χ0v) is 12.8. The summed E-state index contributed by atoms with van der Waals surface area (Å²) in [6.07, 6.45) is 3.68. The van der Waals surface area contributed by atoms with Gasteiger partial charge in [-0.25, -0.2) is 4.39 Å².